The quantitative estimate of drug-likeness (QED) is 0.769. The fourth-order valence-electron chi connectivity index (χ4n) is 2.35. The topological polar surface area (TPSA) is 38.8 Å². The van der Waals surface area contributed by atoms with E-state index in [1.165, 1.54) is 0 Å². The van der Waals surface area contributed by atoms with Gasteiger partial charge in [-0.25, -0.2) is 0 Å². The predicted molar refractivity (Wildman–Crippen MR) is 78.0 cm³/mol. The number of carbonyl (C=O) groups excluding carboxylic acids is 1. The van der Waals surface area contributed by atoms with Gasteiger partial charge in [-0.15, -0.1) is 0 Å². The van der Waals surface area contributed by atoms with E-state index in [0.717, 1.165) is 36.3 Å². The Morgan fingerprint density at radius 1 is 1.30 bits per heavy atom. The SMILES string of the molecule is CCCC(=O)N(Cc1cc(OC)ccc1OC)C1CC1. The molecule has 0 radical (unpaired) electrons. The highest BCUT2D eigenvalue weighted by Crippen LogP contribution is 2.32. The molecule has 1 fully saturated rings. The molecule has 1 amide bonds. The van der Waals surface area contributed by atoms with Gasteiger partial charge in [-0.1, -0.05) is 6.92 Å². The molecule has 1 saturated carbocycles. The summed E-state index contributed by atoms with van der Waals surface area (Å²) in [4.78, 5) is 14.2. The number of nitrogens with zero attached hydrogens (tertiary/aromatic N) is 1. The third-order valence-corrected chi connectivity index (χ3v) is 3.60. The van der Waals surface area contributed by atoms with Crippen LogP contribution in [0.2, 0.25) is 0 Å². The smallest absolute Gasteiger partial charge is 0.223 e. The van der Waals surface area contributed by atoms with E-state index in [4.69, 9.17) is 9.47 Å². The summed E-state index contributed by atoms with van der Waals surface area (Å²) in [5.74, 6) is 1.83. The second kappa shape index (κ2) is 6.64. The molecular formula is C16H23NO3. The van der Waals surface area contributed by atoms with Gasteiger partial charge in [0, 0.05) is 24.6 Å². The Balaban J connectivity index is 2.18. The van der Waals surface area contributed by atoms with Gasteiger partial charge in [-0.3, -0.25) is 4.79 Å². The number of hydrogen-bond donors (Lipinski definition) is 0. The summed E-state index contributed by atoms with van der Waals surface area (Å²) in [5, 5.41) is 0. The van der Waals surface area contributed by atoms with Crippen LogP contribution in [-0.4, -0.2) is 31.1 Å². The van der Waals surface area contributed by atoms with Crippen molar-refractivity contribution < 1.29 is 14.3 Å². The monoisotopic (exact) mass is 277 g/mol. The summed E-state index contributed by atoms with van der Waals surface area (Å²) in [5.41, 5.74) is 1.00. The lowest BCUT2D eigenvalue weighted by molar-refractivity contribution is -0.132. The van der Waals surface area contributed by atoms with Crippen molar-refractivity contribution in [2.75, 3.05) is 14.2 Å². The average molecular weight is 277 g/mol. The molecular weight excluding hydrogens is 254 g/mol. The standard InChI is InChI=1S/C16H23NO3/c1-4-5-16(18)17(13-6-7-13)11-12-10-14(19-2)8-9-15(12)20-3/h8-10,13H,4-7,11H2,1-3H3. The van der Waals surface area contributed by atoms with Crippen LogP contribution in [0.5, 0.6) is 11.5 Å². The maximum atomic E-state index is 12.2. The molecule has 110 valence electrons. The Hall–Kier alpha value is -1.71. The molecule has 0 N–H and O–H groups in total. The molecule has 0 saturated heterocycles. The highest BCUT2D eigenvalue weighted by atomic mass is 16.5. The van der Waals surface area contributed by atoms with Crippen LogP contribution >= 0.6 is 0 Å². The second-order valence-corrected chi connectivity index (χ2v) is 5.18. The van der Waals surface area contributed by atoms with Gasteiger partial charge in [0.2, 0.25) is 5.91 Å². The lowest BCUT2D eigenvalue weighted by Crippen LogP contribution is -2.32. The molecule has 0 aliphatic heterocycles. The van der Waals surface area contributed by atoms with E-state index in [-0.39, 0.29) is 5.91 Å². The van der Waals surface area contributed by atoms with Crippen molar-refractivity contribution >= 4 is 5.91 Å². The molecule has 1 aromatic rings. The summed E-state index contributed by atoms with van der Waals surface area (Å²) < 4.78 is 10.7. The molecule has 0 bridgehead atoms. The van der Waals surface area contributed by atoms with Crippen LogP contribution in [0.15, 0.2) is 18.2 Å². The van der Waals surface area contributed by atoms with E-state index in [1.807, 2.05) is 30.0 Å². The Morgan fingerprint density at radius 2 is 2.05 bits per heavy atom. The first-order chi connectivity index (χ1) is 9.69. The van der Waals surface area contributed by atoms with Gasteiger partial charge in [0.1, 0.15) is 11.5 Å². The first-order valence-corrected chi connectivity index (χ1v) is 7.20. The predicted octanol–water partition coefficient (Wildman–Crippen LogP) is 2.99. The van der Waals surface area contributed by atoms with E-state index in [9.17, 15) is 4.79 Å². The van der Waals surface area contributed by atoms with Crippen LogP contribution in [0.3, 0.4) is 0 Å². The number of methoxy groups -OCH3 is 2. The van der Waals surface area contributed by atoms with Gasteiger partial charge in [0.05, 0.1) is 14.2 Å². The maximum Gasteiger partial charge on any atom is 0.223 e. The fraction of sp³-hybridized carbons (Fsp3) is 0.562. The van der Waals surface area contributed by atoms with Gasteiger partial charge in [-0.2, -0.15) is 0 Å². The summed E-state index contributed by atoms with van der Waals surface area (Å²) in [6.07, 6.45) is 3.73. The van der Waals surface area contributed by atoms with Crippen LogP contribution in [0.4, 0.5) is 0 Å². The van der Waals surface area contributed by atoms with E-state index >= 15 is 0 Å². The molecule has 0 atom stereocenters. The third kappa shape index (κ3) is 3.44. The molecule has 0 spiro atoms. The zero-order valence-corrected chi connectivity index (χ0v) is 12.5. The summed E-state index contributed by atoms with van der Waals surface area (Å²) in [6.45, 7) is 2.64. The van der Waals surface area contributed by atoms with Crippen LogP contribution in [0.25, 0.3) is 0 Å². The minimum Gasteiger partial charge on any atom is -0.497 e. The Morgan fingerprint density at radius 3 is 2.60 bits per heavy atom. The Bertz CT molecular complexity index is 469. The van der Waals surface area contributed by atoms with Crippen LogP contribution in [0, 0.1) is 0 Å². The molecule has 1 aliphatic carbocycles. The first kappa shape index (κ1) is 14.7. The van der Waals surface area contributed by atoms with E-state index in [2.05, 4.69) is 0 Å². The number of rotatable bonds is 7. The molecule has 2 rings (SSSR count). The number of hydrogen-bond acceptors (Lipinski definition) is 3. The van der Waals surface area contributed by atoms with Gasteiger partial charge in [0.25, 0.3) is 0 Å². The number of ether oxygens (including phenoxy) is 2. The van der Waals surface area contributed by atoms with E-state index < -0.39 is 0 Å². The summed E-state index contributed by atoms with van der Waals surface area (Å²) >= 11 is 0. The largest absolute Gasteiger partial charge is 0.497 e. The maximum absolute atomic E-state index is 12.2. The average Bonchev–Trinajstić information content (AvgIpc) is 3.29. The molecule has 20 heavy (non-hydrogen) atoms. The zero-order valence-electron chi connectivity index (χ0n) is 12.5. The van der Waals surface area contributed by atoms with Gasteiger partial charge in [0.15, 0.2) is 0 Å². The number of amides is 1. The third-order valence-electron chi connectivity index (χ3n) is 3.60. The van der Waals surface area contributed by atoms with Gasteiger partial charge < -0.3 is 14.4 Å². The Labute approximate surface area is 120 Å². The van der Waals surface area contributed by atoms with Crippen molar-refractivity contribution in [3.05, 3.63) is 23.8 Å². The molecule has 4 nitrogen and oxygen atoms in total. The van der Waals surface area contributed by atoms with E-state index in [0.29, 0.717) is 19.0 Å². The molecule has 1 aliphatic rings. The van der Waals surface area contributed by atoms with Crippen LogP contribution in [-0.2, 0) is 11.3 Å². The first-order valence-electron chi connectivity index (χ1n) is 7.20. The van der Waals surface area contributed by atoms with Crippen molar-refractivity contribution in [2.24, 2.45) is 0 Å². The minimum absolute atomic E-state index is 0.236. The van der Waals surface area contributed by atoms with Crippen molar-refractivity contribution in [1.29, 1.82) is 0 Å². The van der Waals surface area contributed by atoms with E-state index in [1.54, 1.807) is 14.2 Å². The lowest BCUT2D eigenvalue weighted by Gasteiger charge is -2.23. The number of benzene rings is 1. The fourth-order valence-corrected chi connectivity index (χ4v) is 2.35. The van der Waals surface area contributed by atoms with Gasteiger partial charge in [-0.05, 0) is 37.5 Å². The van der Waals surface area contributed by atoms with Crippen molar-refractivity contribution in [2.45, 2.75) is 45.2 Å². The minimum atomic E-state index is 0.236. The molecule has 0 heterocycles. The molecule has 0 unspecified atom stereocenters. The van der Waals surface area contributed by atoms with Crippen molar-refractivity contribution in [3.63, 3.8) is 0 Å². The normalized spacial score (nSPS) is 13.9. The van der Waals surface area contributed by atoms with Crippen molar-refractivity contribution in [3.8, 4) is 11.5 Å². The summed E-state index contributed by atoms with van der Waals surface area (Å²) in [7, 11) is 3.30. The van der Waals surface area contributed by atoms with Crippen molar-refractivity contribution in [1.82, 2.24) is 4.90 Å². The van der Waals surface area contributed by atoms with Crippen LogP contribution in [0.1, 0.15) is 38.2 Å². The second-order valence-electron chi connectivity index (χ2n) is 5.18. The zero-order chi connectivity index (χ0) is 14.5. The highest BCUT2D eigenvalue weighted by Gasteiger charge is 2.32. The Kier molecular flexibility index (Phi) is 4.88. The van der Waals surface area contributed by atoms with Gasteiger partial charge >= 0.3 is 0 Å². The highest BCUT2D eigenvalue weighted by molar-refractivity contribution is 5.77. The lowest BCUT2D eigenvalue weighted by atomic mass is 10.1. The molecule has 1 aromatic carbocycles. The summed E-state index contributed by atoms with van der Waals surface area (Å²) in [6, 6.07) is 6.12. The van der Waals surface area contributed by atoms with Crippen LogP contribution < -0.4 is 9.47 Å². The molecule has 4 heteroatoms. The number of carbonyl (C=O) groups is 1. The molecule has 0 aromatic heterocycles.